The molecule has 138 valence electrons. The number of anilines is 1. The van der Waals surface area contributed by atoms with Crippen LogP contribution in [0.3, 0.4) is 0 Å². The fraction of sp³-hybridized carbons (Fsp3) is 0.316. The molecular formula is C19H22N2O4S. The van der Waals surface area contributed by atoms with Gasteiger partial charge in [0.15, 0.2) is 6.61 Å². The summed E-state index contributed by atoms with van der Waals surface area (Å²) in [6.07, 6.45) is 1.64. The van der Waals surface area contributed by atoms with E-state index in [9.17, 15) is 14.4 Å². The largest absolute Gasteiger partial charge is 0.452 e. The Morgan fingerprint density at radius 3 is 2.54 bits per heavy atom. The van der Waals surface area contributed by atoms with Crippen LogP contribution in [-0.2, 0) is 9.53 Å². The van der Waals surface area contributed by atoms with E-state index in [0.717, 1.165) is 12.8 Å². The minimum Gasteiger partial charge on any atom is -0.452 e. The Morgan fingerprint density at radius 2 is 1.88 bits per heavy atom. The summed E-state index contributed by atoms with van der Waals surface area (Å²) >= 11 is 1.33. The van der Waals surface area contributed by atoms with Crippen LogP contribution in [-0.4, -0.2) is 30.4 Å². The van der Waals surface area contributed by atoms with Crippen molar-refractivity contribution < 1.29 is 19.1 Å². The van der Waals surface area contributed by atoms with E-state index >= 15 is 0 Å². The molecule has 0 aliphatic heterocycles. The van der Waals surface area contributed by atoms with Crippen molar-refractivity contribution in [2.45, 2.75) is 32.7 Å². The van der Waals surface area contributed by atoms with Gasteiger partial charge in [0.25, 0.3) is 11.8 Å². The van der Waals surface area contributed by atoms with Gasteiger partial charge in [0.1, 0.15) is 0 Å². The van der Waals surface area contributed by atoms with Crippen LogP contribution in [0.25, 0.3) is 0 Å². The Morgan fingerprint density at radius 1 is 1.12 bits per heavy atom. The van der Waals surface area contributed by atoms with E-state index < -0.39 is 5.97 Å². The summed E-state index contributed by atoms with van der Waals surface area (Å²) in [6.45, 7) is 3.63. The molecule has 0 unspecified atom stereocenters. The summed E-state index contributed by atoms with van der Waals surface area (Å²) in [5.41, 5.74) is 0.753. The number of amides is 2. The van der Waals surface area contributed by atoms with Crippen LogP contribution in [0.1, 0.15) is 46.7 Å². The Hall–Kier alpha value is -2.67. The van der Waals surface area contributed by atoms with E-state index in [1.54, 1.807) is 30.3 Å². The zero-order valence-electron chi connectivity index (χ0n) is 14.8. The monoisotopic (exact) mass is 374 g/mol. The minimum atomic E-state index is -0.614. The maximum absolute atomic E-state index is 12.1. The molecule has 0 bridgehead atoms. The van der Waals surface area contributed by atoms with Crippen molar-refractivity contribution in [2.24, 2.45) is 0 Å². The van der Waals surface area contributed by atoms with Crippen LogP contribution >= 0.6 is 11.3 Å². The molecule has 2 rings (SSSR count). The van der Waals surface area contributed by atoms with E-state index in [4.69, 9.17) is 4.74 Å². The van der Waals surface area contributed by atoms with Crippen LogP contribution in [0.15, 0.2) is 41.8 Å². The third kappa shape index (κ3) is 5.70. The topological polar surface area (TPSA) is 84.5 Å². The number of benzene rings is 1. The average molecular weight is 374 g/mol. The molecule has 0 spiro atoms. The van der Waals surface area contributed by atoms with Crippen molar-refractivity contribution in [1.29, 1.82) is 0 Å². The minimum absolute atomic E-state index is 0.0806. The van der Waals surface area contributed by atoms with Crippen molar-refractivity contribution in [3.05, 3.63) is 52.2 Å². The number of ether oxygens (including phenoxy) is 1. The van der Waals surface area contributed by atoms with Crippen LogP contribution in [0, 0.1) is 0 Å². The molecule has 2 N–H and O–H groups in total. The third-order valence-corrected chi connectivity index (χ3v) is 4.65. The highest BCUT2D eigenvalue weighted by Gasteiger charge is 2.14. The molecule has 0 saturated carbocycles. The fourth-order valence-electron chi connectivity index (χ4n) is 2.30. The van der Waals surface area contributed by atoms with E-state index in [1.165, 1.54) is 17.4 Å². The van der Waals surface area contributed by atoms with Crippen LogP contribution in [0.2, 0.25) is 0 Å². The molecule has 0 aliphatic carbocycles. The summed E-state index contributed by atoms with van der Waals surface area (Å²) in [7, 11) is 0. The predicted molar refractivity (Wildman–Crippen MR) is 102 cm³/mol. The standard InChI is InChI=1S/C19H22N2O4S/c1-3-14(4-2)20-17(22)12-25-19(24)13-7-5-8-15(11-13)21-18(23)16-9-6-10-26-16/h5-11,14H,3-4,12H2,1-2H3,(H,20,22)(H,21,23). The van der Waals surface area contributed by atoms with Gasteiger partial charge in [-0.25, -0.2) is 4.79 Å². The molecule has 1 heterocycles. The Balaban J connectivity index is 1.91. The quantitative estimate of drug-likeness (QED) is 0.693. The molecule has 6 nitrogen and oxygen atoms in total. The molecule has 7 heteroatoms. The smallest absolute Gasteiger partial charge is 0.338 e. The second-order valence-electron chi connectivity index (χ2n) is 5.67. The van der Waals surface area contributed by atoms with Crippen molar-refractivity contribution in [3.63, 3.8) is 0 Å². The lowest BCUT2D eigenvalue weighted by molar-refractivity contribution is -0.125. The molecule has 0 aliphatic rings. The zero-order valence-corrected chi connectivity index (χ0v) is 15.6. The molecule has 2 amide bonds. The summed E-state index contributed by atoms with van der Waals surface area (Å²) < 4.78 is 5.05. The number of thiophene rings is 1. The highest BCUT2D eigenvalue weighted by Crippen LogP contribution is 2.15. The van der Waals surface area contributed by atoms with Gasteiger partial charge < -0.3 is 15.4 Å². The first-order chi connectivity index (χ1) is 12.5. The van der Waals surface area contributed by atoms with Gasteiger partial charge in [-0.05, 0) is 42.5 Å². The van der Waals surface area contributed by atoms with Gasteiger partial charge >= 0.3 is 5.97 Å². The van der Waals surface area contributed by atoms with Crippen LogP contribution in [0.5, 0.6) is 0 Å². The number of rotatable bonds is 8. The SMILES string of the molecule is CCC(CC)NC(=O)COC(=O)c1cccc(NC(=O)c2cccs2)c1. The maximum Gasteiger partial charge on any atom is 0.338 e. The molecule has 0 saturated heterocycles. The summed E-state index contributed by atoms with van der Waals surface area (Å²) in [5, 5.41) is 7.35. The third-order valence-electron chi connectivity index (χ3n) is 3.79. The van der Waals surface area contributed by atoms with Crippen molar-refractivity contribution >= 4 is 34.8 Å². The fourth-order valence-corrected chi connectivity index (χ4v) is 2.92. The molecule has 1 aromatic carbocycles. The van der Waals surface area contributed by atoms with Crippen LogP contribution in [0.4, 0.5) is 5.69 Å². The summed E-state index contributed by atoms with van der Waals surface area (Å²) in [5.74, 6) is -1.18. The van der Waals surface area contributed by atoms with E-state index in [2.05, 4.69) is 10.6 Å². The molecular weight excluding hydrogens is 352 g/mol. The number of carbonyl (C=O) groups is 3. The molecule has 0 radical (unpaired) electrons. The Labute approximate surface area is 156 Å². The first-order valence-electron chi connectivity index (χ1n) is 8.44. The van der Waals surface area contributed by atoms with Gasteiger partial charge in [0.2, 0.25) is 0 Å². The second-order valence-corrected chi connectivity index (χ2v) is 6.62. The maximum atomic E-state index is 12.1. The number of carbonyl (C=O) groups excluding carboxylic acids is 3. The number of hydrogen-bond donors (Lipinski definition) is 2. The lowest BCUT2D eigenvalue weighted by Crippen LogP contribution is -2.36. The van der Waals surface area contributed by atoms with Crippen molar-refractivity contribution in [3.8, 4) is 0 Å². The van der Waals surface area contributed by atoms with E-state index in [1.807, 2.05) is 19.2 Å². The molecule has 26 heavy (non-hydrogen) atoms. The van der Waals surface area contributed by atoms with E-state index in [0.29, 0.717) is 10.6 Å². The van der Waals surface area contributed by atoms with Crippen molar-refractivity contribution in [1.82, 2.24) is 5.32 Å². The highest BCUT2D eigenvalue weighted by atomic mass is 32.1. The van der Waals surface area contributed by atoms with Crippen LogP contribution < -0.4 is 10.6 Å². The molecule has 0 atom stereocenters. The van der Waals surface area contributed by atoms with Gasteiger partial charge in [0, 0.05) is 11.7 Å². The molecule has 2 aromatic rings. The van der Waals surface area contributed by atoms with Crippen molar-refractivity contribution in [2.75, 3.05) is 11.9 Å². The second kappa shape index (κ2) is 9.72. The predicted octanol–water partition coefficient (Wildman–Crippen LogP) is 3.46. The van der Waals surface area contributed by atoms with Gasteiger partial charge in [-0.2, -0.15) is 0 Å². The first kappa shape index (κ1) is 19.7. The Kier molecular flexibility index (Phi) is 7.35. The first-order valence-corrected chi connectivity index (χ1v) is 9.32. The number of nitrogens with one attached hydrogen (secondary N) is 2. The zero-order chi connectivity index (χ0) is 18.9. The number of esters is 1. The highest BCUT2D eigenvalue weighted by molar-refractivity contribution is 7.12. The van der Waals surface area contributed by atoms with Gasteiger partial charge in [-0.1, -0.05) is 26.0 Å². The normalized spacial score (nSPS) is 10.4. The lowest BCUT2D eigenvalue weighted by atomic mass is 10.2. The van der Waals surface area contributed by atoms with Gasteiger partial charge in [-0.15, -0.1) is 11.3 Å². The van der Waals surface area contributed by atoms with E-state index in [-0.39, 0.29) is 30.0 Å². The molecule has 0 fully saturated rings. The lowest BCUT2D eigenvalue weighted by Gasteiger charge is -2.14. The average Bonchev–Trinajstić information content (AvgIpc) is 3.19. The summed E-state index contributed by atoms with van der Waals surface area (Å²) in [4.78, 5) is 36.6. The molecule has 1 aromatic heterocycles. The summed E-state index contributed by atoms with van der Waals surface area (Å²) in [6, 6.07) is 10.0. The Bertz CT molecular complexity index is 755. The number of hydrogen-bond acceptors (Lipinski definition) is 5. The van der Waals surface area contributed by atoms with Gasteiger partial charge in [-0.3, -0.25) is 9.59 Å². The van der Waals surface area contributed by atoms with Gasteiger partial charge in [0.05, 0.1) is 10.4 Å².